The molecule has 21 heavy (non-hydrogen) atoms. The van der Waals surface area contributed by atoms with Gasteiger partial charge in [0.15, 0.2) is 5.13 Å². The van der Waals surface area contributed by atoms with Crippen molar-refractivity contribution in [2.24, 2.45) is 0 Å². The molecule has 3 rings (SSSR count). The lowest BCUT2D eigenvalue weighted by molar-refractivity contribution is 0.341. The van der Waals surface area contributed by atoms with E-state index in [1.165, 1.54) is 5.56 Å². The van der Waals surface area contributed by atoms with Gasteiger partial charge in [0.1, 0.15) is 5.75 Å². The number of nitrogens with one attached hydrogen (secondary N) is 1. The summed E-state index contributed by atoms with van der Waals surface area (Å²) in [5.41, 5.74) is 2.18. The van der Waals surface area contributed by atoms with Crippen LogP contribution < -0.4 is 10.1 Å². The van der Waals surface area contributed by atoms with Gasteiger partial charge in [-0.05, 0) is 37.6 Å². The standard InChI is InChI=1S/C15H18N4OS/c1-3-20-12-4-5-13-14(8-12)21-15(18-13)16-6-7-19-10-11(2)9-17-19/h4-5,8-10H,3,6-7H2,1-2H3,(H,16,18). The van der Waals surface area contributed by atoms with Gasteiger partial charge < -0.3 is 10.1 Å². The highest BCUT2D eigenvalue weighted by Gasteiger charge is 2.05. The molecule has 0 spiro atoms. The van der Waals surface area contributed by atoms with Crippen molar-refractivity contribution in [1.82, 2.24) is 14.8 Å². The Labute approximate surface area is 127 Å². The molecule has 0 aliphatic rings. The molecule has 5 nitrogen and oxygen atoms in total. The van der Waals surface area contributed by atoms with Gasteiger partial charge in [0.25, 0.3) is 0 Å². The number of aryl methyl sites for hydroxylation is 1. The highest BCUT2D eigenvalue weighted by Crippen LogP contribution is 2.29. The SMILES string of the molecule is CCOc1ccc2nc(NCCn3cc(C)cn3)sc2c1. The molecule has 0 amide bonds. The van der Waals surface area contributed by atoms with Crippen LogP contribution in [0.1, 0.15) is 12.5 Å². The third-order valence-corrected chi connectivity index (χ3v) is 4.03. The molecule has 0 aliphatic heterocycles. The normalized spacial score (nSPS) is 11.0. The topological polar surface area (TPSA) is 52.0 Å². The van der Waals surface area contributed by atoms with Crippen LogP contribution in [-0.2, 0) is 6.54 Å². The minimum absolute atomic E-state index is 0.679. The van der Waals surface area contributed by atoms with Crippen molar-refractivity contribution in [3.05, 3.63) is 36.2 Å². The molecular weight excluding hydrogens is 284 g/mol. The Hall–Kier alpha value is -2.08. The highest BCUT2D eigenvalue weighted by molar-refractivity contribution is 7.22. The summed E-state index contributed by atoms with van der Waals surface area (Å²) in [5, 5.41) is 8.55. The average molecular weight is 302 g/mol. The fraction of sp³-hybridized carbons (Fsp3) is 0.333. The first-order valence-corrected chi connectivity index (χ1v) is 7.82. The summed E-state index contributed by atoms with van der Waals surface area (Å²) in [7, 11) is 0. The fourth-order valence-electron chi connectivity index (χ4n) is 2.10. The minimum Gasteiger partial charge on any atom is -0.494 e. The second kappa shape index (κ2) is 6.13. The zero-order chi connectivity index (χ0) is 14.7. The number of hydrogen-bond acceptors (Lipinski definition) is 5. The molecule has 2 heterocycles. The molecule has 0 atom stereocenters. The van der Waals surface area contributed by atoms with Crippen LogP contribution in [0.15, 0.2) is 30.6 Å². The molecule has 0 saturated heterocycles. The molecule has 1 aromatic carbocycles. The van der Waals surface area contributed by atoms with E-state index in [2.05, 4.69) is 15.4 Å². The minimum atomic E-state index is 0.679. The smallest absolute Gasteiger partial charge is 0.183 e. The van der Waals surface area contributed by atoms with Gasteiger partial charge >= 0.3 is 0 Å². The molecule has 0 unspecified atom stereocenters. The second-order valence-electron chi connectivity index (χ2n) is 4.79. The first-order chi connectivity index (χ1) is 10.2. The van der Waals surface area contributed by atoms with Crippen molar-refractivity contribution in [2.45, 2.75) is 20.4 Å². The zero-order valence-electron chi connectivity index (χ0n) is 12.2. The molecule has 0 bridgehead atoms. The maximum atomic E-state index is 5.51. The lowest BCUT2D eigenvalue weighted by atomic mass is 10.3. The number of nitrogens with zero attached hydrogens (tertiary/aromatic N) is 3. The summed E-state index contributed by atoms with van der Waals surface area (Å²) in [6.07, 6.45) is 3.90. The summed E-state index contributed by atoms with van der Waals surface area (Å²) in [6, 6.07) is 6.00. The van der Waals surface area contributed by atoms with E-state index in [9.17, 15) is 0 Å². The van der Waals surface area contributed by atoms with Crippen molar-refractivity contribution in [3.8, 4) is 5.75 Å². The van der Waals surface area contributed by atoms with Crippen molar-refractivity contribution in [1.29, 1.82) is 0 Å². The van der Waals surface area contributed by atoms with E-state index >= 15 is 0 Å². The number of ether oxygens (including phenoxy) is 1. The number of rotatable bonds is 6. The molecule has 3 aromatic rings. The van der Waals surface area contributed by atoms with Crippen molar-refractivity contribution >= 4 is 26.7 Å². The Morgan fingerprint density at radius 3 is 3.05 bits per heavy atom. The fourth-order valence-corrected chi connectivity index (χ4v) is 3.02. The number of fused-ring (bicyclic) bond motifs is 1. The third-order valence-electron chi connectivity index (χ3n) is 3.05. The van der Waals surface area contributed by atoms with Crippen LogP contribution in [0.25, 0.3) is 10.2 Å². The monoisotopic (exact) mass is 302 g/mol. The summed E-state index contributed by atoms with van der Waals surface area (Å²) in [5.74, 6) is 0.896. The van der Waals surface area contributed by atoms with Crippen LogP contribution in [0.4, 0.5) is 5.13 Å². The Kier molecular flexibility index (Phi) is 4.06. The van der Waals surface area contributed by atoms with Crippen LogP contribution >= 0.6 is 11.3 Å². The van der Waals surface area contributed by atoms with E-state index in [1.807, 2.05) is 49.1 Å². The molecule has 0 radical (unpaired) electrons. The predicted octanol–water partition coefficient (Wildman–Crippen LogP) is 3.31. The Morgan fingerprint density at radius 2 is 2.29 bits per heavy atom. The number of aromatic nitrogens is 3. The predicted molar refractivity (Wildman–Crippen MR) is 86.2 cm³/mol. The van der Waals surface area contributed by atoms with Gasteiger partial charge in [0.05, 0.1) is 29.6 Å². The molecule has 0 saturated carbocycles. The molecule has 6 heteroatoms. The van der Waals surface area contributed by atoms with Gasteiger partial charge in [-0.1, -0.05) is 11.3 Å². The molecule has 2 aromatic heterocycles. The average Bonchev–Trinajstić information content (AvgIpc) is 3.05. The van der Waals surface area contributed by atoms with E-state index < -0.39 is 0 Å². The first kappa shape index (κ1) is 13.9. The summed E-state index contributed by atoms with van der Waals surface area (Å²) in [4.78, 5) is 4.57. The first-order valence-electron chi connectivity index (χ1n) is 7.01. The van der Waals surface area contributed by atoms with E-state index in [-0.39, 0.29) is 0 Å². The molecule has 0 aliphatic carbocycles. The van der Waals surface area contributed by atoms with Crippen molar-refractivity contribution in [2.75, 3.05) is 18.5 Å². The van der Waals surface area contributed by atoms with E-state index in [0.29, 0.717) is 6.61 Å². The Bertz CT molecular complexity index is 734. The van der Waals surface area contributed by atoms with Gasteiger partial charge in [-0.25, -0.2) is 4.98 Å². The number of thiazole rings is 1. The lowest BCUT2D eigenvalue weighted by Crippen LogP contribution is -2.10. The van der Waals surface area contributed by atoms with Gasteiger partial charge in [0, 0.05) is 12.7 Å². The van der Waals surface area contributed by atoms with Gasteiger partial charge in [-0.3, -0.25) is 4.68 Å². The van der Waals surface area contributed by atoms with E-state index in [4.69, 9.17) is 4.74 Å². The van der Waals surface area contributed by atoms with Crippen LogP contribution in [0.5, 0.6) is 5.75 Å². The quantitative estimate of drug-likeness (QED) is 0.759. The summed E-state index contributed by atoms with van der Waals surface area (Å²) < 4.78 is 8.58. The highest BCUT2D eigenvalue weighted by atomic mass is 32.1. The third kappa shape index (κ3) is 3.33. The van der Waals surface area contributed by atoms with Crippen LogP contribution in [0, 0.1) is 6.92 Å². The largest absolute Gasteiger partial charge is 0.494 e. The summed E-state index contributed by atoms with van der Waals surface area (Å²) >= 11 is 1.65. The molecule has 110 valence electrons. The molecular formula is C15H18N4OS. The van der Waals surface area contributed by atoms with Crippen LogP contribution in [-0.4, -0.2) is 27.9 Å². The second-order valence-corrected chi connectivity index (χ2v) is 5.82. The van der Waals surface area contributed by atoms with Gasteiger partial charge in [-0.2, -0.15) is 5.10 Å². The summed E-state index contributed by atoms with van der Waals surface area (Å²) in [6.45, 7) is 6.34. The number of benzene rings is 1. The van der Waals surface area contributed by atoms with E-state index in [0.717, 1.165) is 34.2 Å². The number of hydrogen-bond donors (Lipinski definition) is 1. The van der Waals surface area contributed by atoms with E-state index in [1.54, 1.807) is 11.3 Å². The maximum Gasteiger partial charge on any atom is 0.183 e. The van der Waals surface area contributed by atoms with Crippen molar-refractivity contribution in [3.63, 3.8) is 0 Å². The lowest BCUT2D eigenvalue weighted by Gasteiger charge is -2.02. The Balaban J connectivity index is 1.64. The van der Waals surface area contributed by atoms with Crippen LogP contribution in [0.2, 0.25) is 0 Å². The van der Waals surface area contributed by atoms with Crippen LogP contribution in [0.3, 0.4) is 0 Å². The van der Waals surface area contributed by atoms with Gasteiger partial charge in [-0.15, -0.1) is 0 Å². The molecule has 1 N–H and O–H groups in total. The Morgan fingerprint density at radius 1 is 1.38 bits per heavy atom. The zero-order valence-corrected chi connectivity index (χ0v) is 13.0. The van der Waals surface area contributed by atoms with Crippen molar-refractivity contribution < 1.29 is 4.74 Å². The molecule has 0 fully saturated rings. The number of anilines is 1. The van der Waals surface area contributed by atoms with Gasteiger partial charge in [0.2, 0.25) is 0 Å². The maximum absolute atomic E-state index is 5.51.